The standard InChI is InChI=1S/C22H17Cl2FN4O4/c23-13-3-1-11(2-4-13)19(20(31)26-7-8-30)29-21(32)16(28-22(29)33)9-12-10-27-18-14(12)5-6-15(24)17(18)25/h1-6,9-10,19,30,32H,7-8H2,(H,26,31)(H,28,33)/b12-9+. The molecule has 8 nitrogen and oxygen atoms in total. The summed E-state index contributed by atoms with van der Waals surface area (Å²) in [6.45, 7) is -0.342. The molecule has 1 amide bonds. The molecule has 2 aromatic carbocycles. The number of benzene rings is 2. The molecule has 0 saturated carbocycles. The Bertz CT molecular complexity index is 1350. The van der Waals surface area contributed by atoms with Crippen LogP contribution in [0.25, 0.3) is 11.6 Å². The fraction of sp³-hybridized carbons (Fsp3) is 0.136. The second kappa shape index (κ2) is 9.22. The van der Waals surface area contributed by atoms with Crippen LogP contribution >= 0.6 is 23.2 Å². The molecule has 2 heterocycles. The van der Waals surface area contributed by atoms with Crippen LogP contribution in [0.2, 0.25) is 10.0 Å². The molecule has 1 atom stereocenters. The number of aromatic hydroxyl groups is 1. The van der Waals surface area contributed by atoms with Crippen molar-refractivity contribution in [3.8, 4) is 5.88 Å². The van der Waals surface area contributed by atoms with E-state index in [0.29, 0.717) is 21.7 Å². The number of hydrogen-bond donors (Lipinski definition) is 4. The summed E-state index contributed by atoms with van der Waals surface area (Å²) < 4.78 is 15.1. The first-order chi connectivity index (χ1) is 15.8. The molecule has 1 aromatic heterocycles. The van der Waals surface area contributed by atoms with Gasteiger partial charge in [0.05, 0.1) is 11.6 Å². The van der Waals surface area contributed by atoms with Gasteiger partial charge in [-0.15, -0.1) is 0 Å². The Morgan fingerprint density at radius 2 is 1.97 bits per heavy atom. The molecular weight excluding hydrogens is 474 g/mol. The van der Waals surface area contributed by atoms with Gasteiger partial charge in [0.2, 0.25) is 11.8 Å². The normalized spacial score (nSPS) is 14.5. The maximum atomic E-state index is 14.2. The number of allylic oxidation sites excluding steroid dienone is 1. The van der Waals surface area contributed by atoms with Crippen LogP contribution in [-0.2, 0) is 4.79 Å². The summed E-state index contributed by atoms with van der Waals surface area (Å²) in [7, 11) is 0. The van der Waals surface area contributed by atoms with E-state index in [-0.39, 0.29) is 29.6 Å². The van der Waals surface area contributed by atoms with Crippen molar-refractivity contribution in [2.24, 2.45) is 4.99 Å². The third kappa shape index (κ3) is 4.30. The largest absolute Gasteiger partial charge is 0.493 e. The van der Waals surface area contributed by atoms with Gasteiger partial charge in [-0.05, 0) is 29.8 Å². The van der Waals surface area contributed by atoms with Gasteiger partial charge in [-0.25, -0.2) is 13.8 Å². The Labute approximate surface area is 196 Å². The number of nitrogens with zero attached hydrogens (tertiary/aromatic N) is 2. The first-order valence-electron chi connectivity index (χ1n) is 9.73. The van der Waals surface area contributed by atoms with Crippen LogP contribution in [-0.4, -0.2) is 45.0 Å². The summed E-state index contributed by atoms with van der Waals surface area (Å²) in [6.07, 6.45) is 2.80. The zero-order valence-corrected chi connectivity index (χ0v) is 18.4. The molecule has 0 aliphatic carbocycles. The van der Waals surface area contributed by atoms with Crippen LogP contribution in [0.5, 0.6) is 5.88 Å². The van der Waals surface area contributed by atoms with Gasteiger partial charge >= 0.3 is 5.69 Å². The number of carbonyl (C=O) groups is 1. The molecule has 0 bridgehead atoms. The molecule has 33 heavy (non-hydrogen) atoms. The van der Waals surface area contributed by atoms with Crippen LogP contribution in [0, 0.1) is 5.82 Å². The lowest BCUT2D eigenvalue weighted by atomic mass is 10.1. The van der Waals surface area contributed by atoms with E-state index in [0.717, 1.165) is 4.57 Å². The number of hydrogen-bond acceptors (Lipinski definition) is 5. The van der Waals surface area contributed by atoms with Gasteiger partial charge in [0, 0.05) is 28.9 Å². The fourth-order valence-corrected chi connectivity index (χ4v) is 3.79. The number of H-pyrrole nitrogens is 1. The summed E-state index contributed by atoms with van der Waals surface area (Å²) in [6, 6.07) is 7.91. The number of aliphatic hydroxyl groups is 1. The zero-order chi connectivity index (χ0) is 23.7. The third-order valence-electron chi connectivity index (χ3n) is 5.05. The molecule has 4 rings (SSSR count). The summed E-state index contributed by atoms with van der Waals surface area (Å²) >= 11 is 11.7. The number of fused-ring (bicyclic) bond motifs is 1. The Hall–Kier alpha value is -3.40. The Morgan fingerprint density at radius 3 is 2.67 bits per heavy atom. The summed E-state index contributed by atoms with van der Waals surface area (Å²) in [4.78, 5) is 32.2. The molecule has 1 unspecified atom stereocenters. The van der Waals surface area contributed by atoms with Crippen LogP contribution in [0.3, 0.4) is 0 Å². The van der Waals surface area contributed by atoms with E-state index in [1.807, 2.05) is 0 Å². The number of imidazole rings is 1. The summed E-state index contributed by atoms with van der Waals surface area (Å²) in [5.41, 5.74) is 0.540. The minimum atomic E-state index is -1.24. The average molecular weight is 491 g/mol. The van der Waals surface area contributed by atoms with Gasteiger partial charge in [0.1, 0.15) is 17.4 Å². The number of aliphatic imine (C=N–C) groups is 1. The van der Waals surface area contributed by atoms with Crippen molar-refractivity contribution in [3.05, 3.63) is 79.6 Å². The lowest BCUT2D eigenvalue weighted by molar-refractivity contribution is -0.123. The van der Waals surface area contributed by atoms with Crippen molar-refractivity contribution in [2.45, 2.75) is 6.04 Å². The molecular formula is C22H17Cl2FN4O4. The number of nitrogens with one attached hydrogen (secondary N) is 2. The van der Waals surface area contributed by atoms with Crippen LogP contribution in [0.1, 0.15) is 22.9 Å². The Kier molecular flexibility index (Phi) is 6.37. The van der Waals surface area contributed by atoms with Gasteiger partial charge in [-0.1, -0.05) is 41.4 Å². The highest BCUT2D eigenvalue weighted by Gasteiger charge is 2.29. The van der Waals surface area contributed by atoms with Crippen molar-refractivity contribution < 1.29 is 19.4 Å². The molecule has 11 heteroatoms. The van der Waals surface area contributed by atoms with Crippen LogP contribution in [0.4, 0.5) is 10.1 Å². The Balaban J connectivity index is 1.79. The van der Waals surface area contributed by atoms with Crippen molar-refractivity contribution in [1.29, 1.82) is 0 Å². The van der Waals surface area contributed by atoms with Gasteiger partial charge in [0.15, 0.2) is 5.82 Å². The van der Waals surface area contributed by atoms with E-state index in [9.17, 15) is 19.1 Å². The highest BCUT2D eigenvalue weighted by molar-refractivity contribution is 6.32. The van der Waals surface area contributed by atoms with Gasteiger partial charge in [-0.3, -0.25) is 9.79 Å². The van der Waals surface area contributed by atoms with Crippen LogP contribution in [0.15, 0.2) is 46.2 Å². The minimum Gasteiger partial charge on any atom is -0.493 e. The quantitative estimate of drug-likeness (QED) is 0.423. The fourth-order valence-electron chi connectivity index (χ4n) is 3.51. The lowest BCUT2D eigenvalue weighted by Gasteiger charge is -2.18. The van der Waals surface area contributed by atoms with E-state index in [1.165, 1.54) is 18.4 Å². The number of rotatable bonds is 6. The topological polar surface area (TPSA) is 120 Å². The number of halogens is 3. The van der Waals surface area contributed by atoms with E-state index in [4.69, 9.17) is 28.3 Å². The predicted molar refractivity (Wildman–Crippen MR) is 124 cm³/mol. The maximum absolute atomic E-state index is 14.2. The number of carbonyl (C=O) groups excluding carboxylic acids is 1. The highest BCUT2D eigenvalue weighted by atomic mass is 35.5. The Morgan fingerprint density at radius 1 is 1.24 bits per heavy atom. The second-order valence-corrected chi connectivity index (χ2v) is 7.97. The maximum Gasteiger partial charge on any atom is 0.329 e. The van der Waals surface area contributed by atoms with Crippen molar-refractivity contribution in [2.75, 3.05) is 13.2 Å². The van der Waals surface area contributed by atoms with E-state index < -0.39 is 29.3 Å². The molecule has 0 radical (unpaired) electrons. The SMILES string of the molecule is O=C(NCCO)C(c1ccc(Cl)cc1)n1c(O)c(/C=C2\C=Nc3c2ccc(Cl)c3F)[nH]c1=O. The second-order valence-electron chi connectivity index (χ2n) is 7.12. The number of aromatic amines is 1. The highest BCUT2D eigenvalue weighted by Crippen LogP contribution is 2.38. The number of aliphatic hydroxyl groups excluding tert-OH is 1. The van der Waals surface area contributed by atoms with E-state index in [1.54, 1.807) is 30.3 Å². The third-order valence-corrected chi connectivity index (χ3v) is 5.59. The molecule has 170 valence electrons. The summed E-state index contributed by atoms with van der Waals surface area (Å²) in [5, 5.41) is 22.8. The molecule has 0 spiro atoms. The lowest BCUT2D eigenvalue weighted by Crippen LogP contribution is -2.38. The van der Waals surface area contributed by atoms with E-state index >= 15 is 0 Å². The molecule has 0 fully saturated rings. The van der Waals surface area contributed by atoms with Gasteiger partial charge in [-0.2, -0.15) is 0 Å². The predicted octanol–water partition coefficient (Wildman–Crippen LogP) is 3.28. The monoisotopic (exact) mass is 490 g/mol. The van der Waals surface area contributed by atoms with Crippen molar-refractivity contribution in [3.63, 3.8) is 0 Å². The van der Waals surface area contributed by atoms with Gasteiger partial charge < -0.3 is 20.5 Å². The van der Waals surface area contributed by atoms with Crippen molar-refractivity contribution in [1.82, 2.24) is 14.9 Å². The first kappa shape index (κ1) is 22.8. The first-order valence-corrected chi connectivity index (χ1v) is 10.5. The van der Waals surface area contributed by atoms with E-state index in [2.05, 4.69) is 15.3 Å². The number of amides is 1. The molecule has 1 aliphatic rings. The van der Waals surface area contributed by atoms with Crippen LogP contribution < -0.4 is 11.0 Å². The van der Waals surface area contributed by atoms with Gasteiger partial charge in [0.25, 0.3) is 0 Å². The molecule has 0 saturated heterocycles. The number of aromatic nitrogens is 2. The zero-order valence-electron chi connectivity index (χ0n) is 16.8. The minimum absolute atomic E-state index is 0.00131. The van der Waals surface area contributed by atoms with Crippen molar-refractivity contribution >= 4 is 52.7 Å². The average Bonchev–Trinajstić information content (AvgIpc) is 3.32. The molecule has 4 N–H and O–H groups in total. The molecule has 1 aliphatic heterocycles. The smallest absolute Gasteiger partial charge is 0.329 e. The molecule has 3 aromatic rings. The summed E-state index contributed by atoms with van der Waals surface area (Å²) in [5.74, 6) is -1.80.